The number of carbonyl (C=O) groups is 1. The number of ether oxygens (including phenoxy) is 1. The summed E-state index contributed by atoms with van der Waals surface area (Å²) in [5.41, 5.74) is 1.54. The Bertz CT molecular complexity index is 1040. The van der Waals surface area contributed by atoms with E-state index in [-0.39, 0.29) is 17.8 Å². The van der Waals surface area contributed by atoms with Crippen LogP contribution in [0.1, 0.15) is 31.3 Å². The van der Waals surface area contributed by atoms with Gasteiger partial charge in [-0.25, -0.2) is 0 Å². The lowest BCUT2D eigenvalue weighted by molar-refractivity contribution is -0.113. The maximum absolute atomic E-state index is 12.4. The summed E-state index contributed by atoms with van der Waals surface area (Å²) in [4.78, 5) is 12.4. The molecule has 0 bridgehead atoms. The van der Waals surface area contributed by atoms with E-state index < -0.39 is 0 Å². The third-order valence-electron chi connectivity index (χ3n) is 4.41. The number of carbonyl (C=O) groups excluding carboxylic acids is 1. The number of benzene rings is 2. The number of anilines is 1. The standard InChI is InChI=1S/C21H22Cl2N4O2S/c1-4-27-20(14(3)29-16-8-5-7-15(22)11-16)25-26-21(27)30-12-19(28)24-18-10-6-9-17(23)13(18)2/h5-11,14H,4,12H2,1-3H3,(H,24,28). The fourth-order valence-corrected chi connectivity index (χ4v) is 4.03. The molecule has 0 aliphatic rings. The highest BCUT2D eigenvalue weighted by molar-refractivity contribution is 7.99. The lowest BCUT2D eigenvalue weighted by Crippen LogP contribution is -2.16. The average Bonchev–Trinajstić information content (AvgIpc) is 3.13. The fraction of sp³-hybridized carbons (Fsp3) is 0.286. The predicted molar refractivity (Wildman–Crippen MR) is 122 cm³/mol. The molecule has 0 saturated heterocycles. The van der Waals surface area contributed by atoms with Crippen LogP contribution in [0.3, 0.4) is 0 Å². The van der Waals surface area contributed by atoms with Gasteiger partial charge in [-0.15, -0.1) is 10.2 Å². The summed E-state index contributed by atoms with van der Waals surface area (Å²) >= 11 is 13.5. The van der Waals surface area contributed by atoms with Crippen LogP contribution in [-0.4, -0.2) is 26.4 Å². The Morgan fingerprint density at radius 3 is 2.73 bits per heavy atom. The van der Waals surface area contributed by atoms with Crippen LogP contribution in [0.4, 0.5) is 5.69 Å². The lowest BCUT2D eigenvalue weighted by atomic mass is 10.2. The van der Waals surface area contributed by atoms with Crippen LogP contribution in [-0.2, 0) is 11.3 Å². The Morgan fingerprint density at radius 2 is 2.00 bits per heavy atom. The quantitative estimate of drug-likeness (QED) is 0.427. The van der Waals surface area contributed by atoms with Gasteiger partial charge in [0.15, 0.2) is 17.1 Å². The van der Waals surface area contributed by atoms with E-state index in [9.17, 15) is 4.79 Å². The number of halogens is 2. The summed E-state index contributed by atoms with van der Waals surface area (Å²) in [6.07, 6.45) is -0.326. The van der Waals surface area contributed by atoms with Gasteiger partial charge in [0.1, 0.15) is 5.75 Å². The largest absolute Gasteiger partial charge is 0.483 e. The van der Waals surface area contributed by atoms with Gasteiger partial charge in [0, 0.05) is 22.3 Å². The van der Waals surface area contributed by atoms with E-state index in [0.29, 0.717) is 39.0 Å². The summed E-state index contributed by atoms with van der Waals surface area (Å²) in [6.45, 7) is 6.42. The molecule has 1 unspecified atom stereocenters. The van der Waals surface area contributed by atoms with E-state index in [1.807, 2.05) is 43.5 Å². The Labute approximate surface area is 189 Å². The van der Waals surface area contributed by atoms with Crippen molar-refractivity contribution in [2.24, 2.45) is 0 Å². The van der Waals surface area contributed by atoms with Gasteiger partial charge >= 0.3 is 0 Å². The number of nitrogens with one attached hydrogen (secondary N) is 1. The number of hydrogen-bond donors (Lipinski definition) is 1. The minimum Gasteiger partial charge on any atom is -0.483 e. The first-order valence-electron chi connectivity index (χ1n) is 9.42. The first-order chi connectivity index (χ1) is 14.4. The Hall–Kier alpha value is -2.22. The molecule has 0 spiro atoms. The van der Waals surface area contributed by atoms with Crippen molar-refractivity contribution in [3.8, 4) is 5.75 Å². The zero-order valence-electron chi connectivity index (χ0n) is 16.9. The molecule has 1 amide bonds. The lowest BCUT2D eigenvalue weighted by Gasteiger charge is -2.15. The maximum Gasteiger partial charge on any atom is 0.234 e. The highest BCUT2D eigenvalue weighted by Crippen LogP contribution is 2.27. The maximum atomic E-state index is 12.4. The minimum absolute atomic E-state index is 0.138. The van der Waals surface area contributed by atoms with E-state index in [2.05, 4.69) is 15.5 Å². The van der Waals surface area contributed by atoms with E-state index in [1.165, 1.54) is 11.8 Å². The van der Waals surface area contributed by atoms with Crippen LogP contribution < -0.4 is 10.1 Å². The number of rotatable bonds is 8. The zero-order chi connectivity index (χ0) is 21.7. The molecule has 9 heteroatoms. The van der Waals surface area contributed by atoms with Crippen LogP contribution in [0.15, 0.2) is 47.6 Å². The zero-order valence-corrected chi connectivity index (χ0v) is 19.2. The summed E-state index contributed by atoms with van der Waals surface area (Å²) in [5, 5.41) is 13.3. The number of thioether (sulfide) groups is 1. The molecule has 0 radical (unpaired) electrons. The molecule has 0 fully saturated rings. The van der Waals surface area contributed by atoms with Crippen molar-refractivity contribution in [2.45, 2.75) is 38.6 Å². The van der Waals surface area contributed by atoms with Gasteiger partial charge in [0.05, 0.1) is 5.75 Å². The number of nitrogens with zero attached hydrogens (tertiary/aromatic N) is 3. The molecule has 0 aliphatic heterocycles. The van der Waals surface area contributed by atoms with Gasteiger partial charge in [0.2, 0.25) is 5.91 Å². The molecule has 1 aromatic heterocycles. The van der Waals surface area contributed by atoms with Crippen molar-refractivity contribution >= 4 is 46.6 Å². The van der Waals surface area contributed by atoms with Crippen molar-refractivity contribution in [3.05, 3.63) is 63.9 Å². The monoisotopic (exact) mass is 464 g/mol. The second-order valence-corrected chi connectivity index (χ2v) is 8.34. The fourth-order valence-electron chi connectivity index (χ4n) is 2.86. The SMILES string of the molecule is CCn1c(SCC(=O)Nc2cccc(Cl)c2C)nnc1C(C)Oc1cccc(Cl)c1. The van der Waals surface area contributed by atoms with E-state index >= 15 is 0 Å². The van der Waals surface area contributed by atoms with Crippen molar-refractivity contribution in [2.75, 3.05) is 11.1 Å². The molecular formula is C21H22Cl2N4O2S. The highest BCUT2D eigenvalue weighted by Gasteiger charge is 2.19. The summed E-state index contributed by atoms with van der Waals surface area (Å²) in [7, 11) is 0. The number of hydrogen-bond acceptors (Lipinski definition) is 5. The molecule has 0 aliphatic carbocycles. The van der Waals surface area contributed by atoms with Crippen molar-refractivity contribution in [3.63, 3.8) is 0 Å². The first kappa shape index (κ1) is 22.5. The first-order valence-corrected chi connectivity index (χ1v) is 11.2. The van der Waals surface area contributed by atoms with E-state index in [4.69, 9.17) is 27.9 Å². The minimum atomic E-state index is -0.326. The number of amides is 1. The van der Waals surface area contributed by atoms with Crippen LogP contribution in [0.5, 0.6) is 5.75 Å². The molecule has 158 valence electrons. The Balaban J connectivity index is 1.65. The summed E-state index contributed by atoms with van der Waals surface area (Å²) in [5.74, 6) is 1.41. The van der Waals surface area contributed by atoms with Gasteiger partial charge < -0.3 is 14.6 Å². The van der Waals surface area contributed by atoms with Gasteiger partial charge in [-0.2, -0.15) is 0 Å². The highest BCUT2D eigenvalue weighted by atomic mass is 35.5. The van der Waals surface area contributed by atoms with Gasteiger partial charge in [-0.3, -0.25) is 4.79 Å². The molecule has 6 nitrogen and oxygen atoms in total. The van der Waals surface area contributed by atoms with Crippen LogP contribution in [0, 0.1) is 6.92 Å². The van der Waals surface area contributed by atoms with Crippen molar-refractivity contribution < 1.29 is 9.53 Å². The van der Waals surface area contributed by atoms with Gasteiger partial charge in [-0.1, -0.05) is 47.1 Å². The molecule has 0 saturated carbocycles. The normalized spacial score (nSPS) is 11.9. The molecular weight excluding hydrogens is 443 g/mol. The van der Waals surface area contributed by atoms with Crippen molar-refractivity contribution in [1.29, 1.82) is 0 Å². The van der Waals surface area contributed by atoms with Crippen LogP contribution >= 0.6 is 35.0 Å². The number of aromatic nitrogens is 3. The molecule has 3 aromatic rings. The smallest absolute Gasteiger partial charge is 0.234 e. The van der Waals surface area contributed by atoms with E-state index in [0.717, 1.165) is 5.56 Å². The van der Waals surface area contributed by atoms with Gasteiger partial charge in [0.25, 0.3) is 0 Å². The molecule has 1 atom stereocenters. The average molecular weight is 465 g/mol. The van der Waals surface area contributed by atoms with Gasteiger partial charge in [-0.05, 0) is 56.7 Å². The summed E-state index contributed by atoms with van der Waals surface area (Å²) in [6, 6.07) is 12.6. The summed E-state index contributed by atoms with van der Waals surface area (Å²) < 4.78 is 7.90. The van der Waals surface area contributed by atoms with Crippen molar-refractivity contribution in [1.82, 2.24) is 14.8 Å². The topological polar surface area (TPSA) is 69.0 Å². The molecule has 3 rings (SSSR count). The molecule has 1 N–H and O–H groups in total. The second kappa shape index (κ2) is 10.2. The molecule has 30 heavy (non-hydrogen) atoms. The second-order valence-electron chi connectivity index (χ2n) is 6.55. The Morgan fingerprint density at radius 1 is 1.23 bits per heavy atom. The molecule has 1 heterocycles. The van der Waals surface area contributed by atoms with E-state index in [1.54, 1.807) is 24.3 Å². The third kappa shape index (κ3) is 5.47. The Kier molecular flexibility index (Phi) is 7.64. The third-order valence-corrected chi connectivity index (χ3v) is 6.02. The molecule has 2 aromatic carbocycles. The van der Waals surface area contributed by atoms with Crippen LogP contribution in [0.25, 0.3) is 0 Å². The van der Waals surface area contributed by atoms with Crippen LogP contribution in [0.2, 0.25) is 10.0 Å². The predicted octanol–water partition coefficient (Wildman–Crippen LogP) is 5.78.